The van der Waals surface area contributed by atoms with E-state index in [0.29, 0.717) is 12.1 Å². The Morgan fingerprint density at radius 2 is 2.09 bits per heavy atom. The summed E-state index contributed by atoms with van der Waals surface area (Å²) in [6, 6.07) is 3.97. The summed E-state index contributed by atoms with van der Waals surface area (Å²) in [4.78, 5) is 34.4. The van der Waals surface area contributed by atoms with E-state index in [0.717, 1.165) is 34.3 Å². The highest BCUT2D eigenvalue weighted by Crippen LogP contribution is 2.17. The number of aromatic nitrogens is 2. The first-order valence-electron chi connectivity index (χ1n) is 7.01. The summed E-state index contributed by atoms with van der Waals surface area (Å²) in [6.07, 6.45) is 2.82. The van der Waals surface area contributed by atoms with Gasteiger partial charge in [-0.25, -0.2) is 0 Å². The van der Waals surface area contributed by atoms with Crippen LogP contribution in [-0.4, -0.2) is 19.8 Å². The molecule has 0 atom stereocenters. The Bertz CT molecular complexity index is 845. The van der Waals surface area contributed by atoms with E-state index in [1.165, 1.54) is 0 Å². The summed E-state index contributed by atoms with van der Waals surface area (Å²) in [6.45, 7) is 7.73. The summed E-state index contributed by atoms with van der Waals surface area (Å²) in [5, 5.41) is 10.8. The van der Waals surface area contributed by atoms with E-state index in [-0.39, 0.29) is 18.0 Å². The Morgan fingerprint density at radius 1 is 1.39 bits per heavy atom. The van der Waals surface area contributed by atoms with Crippen molar-refractivity contribution in [1.29, 1.82) is 0 Å². The number of pyridine rings is 1. The van der Waals surface area contributed by atoms with Crippen molar-refractivity contribution in [3.8, 4) is 0 Å². The maximum Gasteiger partial charge on any atom is 0.285 e. The topological polar surface area (TPSA) is 87.1 Å². The van der Waals surface area contributed by atoms with Crippen molar-refractivity contribution in [3.63, 3.8) is 0 Å². The summed E-state index contributed by atoms with van der Waals surface area (Å²) < 4.78 is 3.00. The molecule has 2 heterocycles. The number of aryl methyl sites for hydroxylation is 1. The Labute approximate surface area is 132 Å². The van der Waals surface area contributed by atoms with Gasteiger partial charge in [0, 0.05) is 35.6 Å². The number of ketones is 1. The minimum Gasteiger partial charge on any atom is -0.345 e. The molecule has 7 nitrogen and oxygen atoms in total. The molecular weight excluding hydrogens is 298 g/mol. The van der Waals surface area contributed by atoms with E-state index in [1.54, 1.807) is 12.1 Å². The van der Waals surface area contributed by atoms with E-state index in [4.69, 9.17) is 0 Å². The van der Waals surface area contributed by atoms with Crippen molar-refractivity contribution in [2.75, 3.05) is 0 Å². The number of rotatable bonds is 6. The van der Waals surface area contributed by atoms with Gasteiger partial charge < -0.3 is 9.13 Å². The maximum absolute atomic E-state index is 12.5. The lowest BCUT2D eigenvalue weighted by molar-refractivity contribution is -0.385. The molecule has 0 N–H and O–H groups in total. The fourth-order valence-electron chi connectivity index (χ4n) is 2.48. The van der Waals surface area contributed by atoms with Crippen LogP contribution in [0.1, 0.15) is 21.7 Å². The smallest absolute Gasteiger partial charge is 0.285 e. The highest BCUT2D eigenvalue weighted by atomic mass is 16.6. The van der Waals surface area contributed by atoms with Gasteiger partial charge in [0.25, 0.3) is 11.2 Å². The molecule has 0 saturated heterocycles. The van der Waals surface area contributed by atoms with Gasteiger partial charge in [-0.1, -0.05) is 6.08 Å². The van der Waals surface area contributed by atoms with Gasteiger partial charge in [-0.2, -0.15) is 0 Å². The zero-order valence-electron chi connectivity index (χ0n) is 13.0. The number of carbonyl (C=O) groups is 1. The average molecular weight is 315 g/mol. The molecule has 0 saturated carbocycles. The van der Waals surface area contributed by atoms with Crippen molar-refractivity contribution < 1.29 is 9.72 Å². The molecule has 23 heavy (non-hydrogen) atoms. The summed E-state index contributed by atoms with van der Waals surface area (Å²) in [5.74, 6) is -0.268. The van der Waals surface area contributed by atoms with Gasteiger partial charge in [0.2, 0.25) is 0 Å². The van der Waals surface area contributed by atoms with Crippen LogP contribution in [0.5, 0.6) is 0 Å². The standard InChI is InChI=1S/C16H17N3O4/c1-4-7-18-11(2)8-14(12(18)3)15(20)10-17-9-13(19(22)23)5-6-16(17)21/h4-6,8-9H,1,7,10H2,2-3H3. The lowest BCUT2D eigenvalue weighted by atomic mass is 10.1. The molecule has 120 valence electrons. The largest absolute Gasteiger partial charge is 0.345 e. The Hall–Kier alpha value is -2.96. The number of hydrogen-bond acceptors (Lipinski definition) is 4. The van der Waals surface area contributed by atoms with Crippen LogP contribution in [0.4, 0.5) is 5.69 Å². The van der Waals surface area contributed by atoms with Gasteiger partial charge in [-0.05, 0) is 19.9 Å². The van der Waals surface area contributed by atoms with E-state index in [2.05, 4.69) is 6.58 Å². The van der Waals surface area contributed by atoms with E-state index in [9.17, 15) is 19.7 Å². The minimum atomic E-state index is -0.601. The van der Waals surface area contributed by atoms with Gasteiger partial charge in [0.1, 0.15) is 0 Å². The quantitative estimate of drug-likeness (QED) is 0.354. The average Bonchev–Trinajstić information content (AvgIpc) is 2.78. The van der Waals surface area contributed by atoms with E-state index >= 15 is 0 Å². The molecule has 0 spiro atoms. The lowest BCUT2D eigenvalue weighted by Gasteiger charge is -2.07. The van der Waals surface area contributed by atoms with Gasteiger partial charge in [0.05, 0.1) is 17.7 Å². The second-order valence-corrected chi connectivity index (χ2v) is 5.22. The third-order valence-electron chi connectivity index (χ3n) is 3.68. The molecular formula is C16H17N3O4. The number of nitro groups is 1. The Morgan fingerprint density at radius 3 is 2.70 bits per heavy atom. The molecule has 0 radical (unpaired) electrons. The van der Waals surface area contributed by atoms with Crippen LogP contribution in [0.25, 0.3) is 0 Å². The van der Waals surface area contributed by atoms with Gasteiger partial charge in [0.15, 0.2) is 5.78 Å². The summed E-state index contributed by atoms with van der Waals surface area (Å²) in [5.41, 5.74) is 1.52. The van der Waals surface area contributed by atoms with Crippen LogP contribution in [0, 0.1) is 24.0 Å². The molecule has 7 heteroatoms. The third kappa shape index (κ3) is 3.28. The molecule has 0 amide bonds. The fraction of sp³-hybridized carbons (Fsp3) is 0.250. The first-order valence-corrected chi connectivity index (χ1v) is 7.01. The second kappa shape index (κ2) is 6.43. The molecule has 0 aliphatic carbocycles. The maximum atomic E-state index is 12.5. The predicted molar refractivity (Wildman–Crippen MR) is 85.8 cm³/mol. The van der Waals surface area contributed by atoms with Crippen LogP contribution in [0.3, 0.4) is 0 Å². The van der Waals surface area contributed by atoms with Crippen molar-refractivity contribution in [1.82, 2.24) is 9.13 Å². The highest BCUT2D eigenvalue weighted by molar-refractivity contribution is 5.97. The molecule has 0 bridgehead atoms. The fourth-order valence-corrected chi connectivity index (χ4v) is 2.48. The van der Waals surface area contributed by atoms with Crippen molar-refractivity contribution in [2.24, 2.45) is 0 Å². The van der Waals surface area contributed by atoms with Gasteiger partial charge in [-0.15, -0.1) is 6.58 Å². The van der Waals surface area contributed by atoms with E-state index in [1.807, 2.05) is 18.4 Å². The number of carbonyl (C=O) groups excluding carboxylic acids is 1. The first kappa shape index (κ1) is 16.4. The number of hydrogen-bond donors (Lipinski definition) is 0. The van der Waals surface area contributed by atoms with Crippen LogP contribution in [0.2, 0.25) is 0 Å². The van der Waals surface area contributed by atoms with Crippen LogP contribution in [-0.2, 0) is 13.1 Å². The highest BCUT2D eigenvalue weighted by Gasteiger charge is 2.17. The van der Waals surface area contributed by atoms with Gasteiger partial charge in [-0.3, -0.25) is 19.7 Å². The molecule has 0 unspecified atom stereocenters. The Kier molecular flexibility index (Phi) is 4.59. The van der Waals surface area contributed by atoms with Crippen LogP contribution in [0.15, 0.2) is 41.8 Å². The van der Waals surface area contributed by atoms with Gasteiger partial charge >= 0.3 is 0 Å². The normalized spacial score (nSPS) is 10.5. The molecule has 0 aliphatic heterocycles. The summed E-state index contributed by atoms with van der Waals surface area (Å²) >= 11 is 0. The minimum absolute atomic E-state index is 0.227. The first-order chi connectivity index (χ1) is 10.8. The molecule has 2 aromatic rings. The predicted octanol–water partition coefficient (Wildman–Crippen LogP) is 2.24. The number of allylic oxidation sites excluding steroid dienone is 1. The molecule has 0 aromatic carbocycles. The molecule has 0 aliphatic rings. The SMILES string of the molecule is C=CCn1c(C)cc(C(=O)Cn2cc([N+](=O)[O-])ccc2=O)c1C. The monoisotopic (exact) mass is 315 g/mol. The number of nitrogens with zero attached hydrogens (tertiary/aromatic N) is 3. The molecule has 2 aromatic heterocycles. The Balaban J connectivity index is 2.35. The third-order valence-corrected chi connectivity index (χ3v) is 3.68. The molecule has 2 rings (SSSR count). The van der Waals surface area contributed by atoms with Crippen molar-refractivity contribution in [2.45, 2.75) is 26.9 Å². The zero-order valence-corrected chi connectivity index (χ0v) is 13.0. The van der Waals surface area contributed by atoms with Crippen LogP contribution >= 0.6 is 0 Å². The van der Waals surface area contributed by atoms with E-state index < -0.39 is 10.5 Å². The number of Topliss-reactive ketones (excluding diaryl/α,β-unsaturated/α-hetero) is 1. The zero-order chi connectivity index (χ0) is 17.1. The summed E-state index contributed by atoms with van der Waals surface area (Å²) in [7, 11) is 0. The van der Waals surface area contributed by atoms with Crippen LogP contribution < -0.4 is 5.56 Å². The van der Waals surface area contributed by atoms with Crippen molar-refractivity contribution >= 4 is 11.5 Å². The van der Waals surface area contributed by atoms with Crippen molar-refractivity contribution in [3.05, 3.63) is 74.5 Å². The lowest BCUT2D eigenvalue weighted by Crippen LogP contribution is -2.23. The second-order valence-electron chi connectivity index (χ2n) is 5.22. The molecule has 0 fully saturated rings.